The molecule has 0 aliphatic carbocycles. The summed E-state index contributed by atoms with van der Waals surface area (Å²) in [5.74, 6) is -0.0784. The van der Waals surface area contributed by atoms with Crippen LogP contribution in [0.25, 0.3) is 5.65 Å². The monoisotopic (exact) mass is 327 g/mol. The average Bonchev–Trinajstić information content (AvgIpc) is 2.83. The lowest BCUT2D eigenvalue weighted by Gasteiger charge is -2.21. The summed E-state index contributed by atoms with van der Waals surface area (Å²) in [4.78, 5) is 19.3. The normalized spacial score (nSPS) is 11.0. The Hall–Kier alpha value is -2.33. The number of anilines is 1. The molecule has 2 aromatic heterocycles. The van der Waals surface area contributed by atoms with Crippen LogP contribution < -0.4 is 4.90 Å². The van der Waals surface area contributed by atoms with Gasteiger partial charge in [0.05, 0.1) is 10.7 Å². The second kappa shape index (κ2) is 6.05. The molecule has 0 bridgehead atoms. The lowest BCUT2D eigenvalue weighted by atomic mass is 10.2. The lowest BCUT2D eigenvalue weighted by molar-refractivity contribution is 0.0982. The predicted octanol–water partition coefficient (Wildman–Crippen LogP) is 4.27. The minimum Gasteiger partial charge on any atom is -0.307 e. The number of imidazole rings is 1. The number of rotatable bonds is 3. The van der Waals surface area contributed by atoms with Gasteiger partial charge in [-0.3, -0.25) is 9.20 Å². The summed E-state index contributed by atoms with van der Waals surface area (Å²) in [7, 11) is 0. The van der Waals surface area contributed by atoms with Crippen LogP contribution in [-0.2, 0) is 0 Å². The van der Waals surface area contributed by atoms with Gasteiger partial charge in [0.1, 0.15) is 11.3 Å². The Labute approximate surface area is 140 Å². The molecule has 0 unspecified atom stereocenters. The Morgan fingerprint density at radius 1 is 1.26 bits per heavy atom. The van der Waals surface area contributed by atoms with Crippen LogP contribution in [0.4, 0.5) is 5.69 Å². The van der Waals surface area contributed by atoms with Gasteiger partial charge in [-0.25, -0.2) is 4.98 Å². The van der Waals surface area contributed by atoms with Gasteiger partial charge < -0.3 is 4.90 Å². The number of pyridine rings is 1. The number of hydrogen-bond acceptors (Lipinski definition) is 2. The van der Waals surface area contributed by atoms with Crippen molar-refractivity contribution < 1.29 is 4.79 Å². The molecule has 118 valence electrons. The SMILES string of the molecule is CCN(C(=O)c1c(C)nc2ccc(Cl)cn12)c1cccc(C)c1. The minimum atomic E-state index is -0.0784. The molecule has 23 heavy (non-hydrogen) atoms. The van der Waals surface area contributed by atoms with E-state index >= 15 is 0 Å². The second-order valence-corrected chi connectivity index (χ2v) is 5.95. The molecule has 3 aromatic rings. The maximum Gasteiger partial charge on any atom is 0.277 e. The third-order valence-electron chi connectivity index (χ3n) is 3.83. The molecule has 2 heterocycles. The molecule has 4 nitrogen and oxygen atoms in total. The summed E-state index contributed by atoms with van der Waals surface area (Å²) < 4.78 is 1.76. The number of amides is 1. The molecule has 0 spiro atoms. The first-order valence-corrected chi connectivity index (χ1v) is 7.91. The van der Waals surface area contributed by atoms with E-state index in [0.717, 1.165) is 16.9 Å². The quantitative estimate of drug-likeness (QED) is 0.720. The number of carbonyl (C=O) groups excluding carboxylic acids is 1. The minimum absolute atomic E-state index is 0.0784. The van der Waals surface area contributed by atoms with E-state index in [1.165, 1.54) is 0 Å². The molecule has 0 aliphatic heterocycles. The van der Waals surface area contributed by atoms with Crippen molar-refractivity contribution in [2.45, 2.75) is 20.8 Å². The summed E-state index contributed by atoms with van der Waals surface area (Å²) in [6.07, 6.45) is 1.73. The molecule has 5 heteroatoms. The first-order valence-electron chi connectivity index (χ1n) is 7.54. The van der Waals surface area contributed by atoms with Crippen LogP contribution in [0.2, 0.25) is 5.02 Å². The molecule has 3 rings (SSSR count). The van der Waals surface area contributed by atoms with Crippen molar-refractivity contribution in [2.24, 2.45) is 0 Å². The fourth-order valence-corrected chi connectivity index (χ4v) is 2.92. The molecule has 1 aromatic carbocycles. The highest BCUT2D eigenvalue weighted by Crippen LogP contribution is 2.22. The van der Waals surface area contributed by atoms with Crippen molar-refractivity contribution in [1.29, 1.82) is 0 Å². The van der Waals surface area contributed by atoms with E-state index in [1.807, 2.05) is 51.1 Å². The van der Waals surface area contributed by atoms with Crippen LogP contribution in [-0.4, -0.2) is 21.8 Å². The Morgan fingerprint density at radius 2 is 2.04 bits per heavy atom. The zero-order chi connectivity index (χ0) is 16.6. The van der Waals surface area contributed by atoms with Crippen LogP contribution in [0.5, 0.6) is 0 Å². The largest absolute Gasteiger partial charge is 0.307 e. The first-order chi connectivity index (χ1) is 11.0. The van der Waals surface area contributed by atoms with E-state index in [1.54, 1.807) is 21.6 Å². The summed E-state index contributed by atoms with van der Waals surface area (Å²) in [5, 5.41) is 0.572. The van der Waals surface area contributed by atoms with Gasteiger partial charge in [0.2, 0.25) is 0 Å². The van der Waals surface area contributed by atoms with E-state index < -0.39 is 0 Å². The summed E-state index contributed by atoms with van der Waals surface area (Å²) >= 11 is 6.08. The lowest BCUT2D eigenvalue weighted by Crippen LogP contribution is -2.32. The van der Waals surface area contributed by atoms with Gasteiger partial charge in [-0.2, -0.15) is 0 Å². The molecule has 0 atom stereocenters. The topological polar surface area (TPSA) is 37.6 Å². The Kier molecular flexibility index (Phi) is 4.09. The van der Waals surface area contributed by atoms with Crippen molar-refractivity contribution in [1.82, 2.24) is 9.38 Å². The Balaban J connectivity index is 2.11. The highest BCUT2D eigenvalue weighted by atomic mass is 35.5. The summed E-state index contributed by atoms with van der Waals surface area (Å²) in [6.45, 7) is 6.40. The third-order valence-corrected chi connectivity index (χ3v) is 4.06. The van der Waals surface area contributed by atoms with E-state index in [-0.39, 0.29) is 5.91 Å². The standard InChI is InChI=1S/C18H18ClN3O/c1-4-21(15-7-5-6-12(2)10-15)18(23)17-13(3)20-16-9-8-14(19)11-22(16)17/h5-11H,4H2,1-3H3. The molecule has 0 N–H and O–H groups in total. The Bertz CT molecular complexity index is 885. The number of carbonyl (C=O) groups is 1. The van der Waals surface area contributed by atoms with Crippen molar-refractivity contribution in [3.8, 4) is 0 Å². The number of aryl methyl sites for hydroxylation is 2. The highest BCUT2D eigenvalue weighted by Gasteiger charge is 2.23. The van der Waals surface area contributed by atoms with E-state index in [9.17, 15) is 4.79 Å². The van der Waals surface area contributed by atoms with Crippen LogP contribution in [0.15, 0.2) is 42.6 Å². The number of fused-ring (bicyclic) bond motifs is 1. The zero-order valence-corrected chi connectivity index (χ0v) is 14.1. The number of hydrogen-bond donors (Lipinski definition) is 0. The summed E-state index contributed by atoms with van der Waals surface area (Å²) in [6, 6.07) is 11.5. The van der Waals surface area contributed by atoms with Crippen LogP contribution in [0.1, 0.15) is 28.7 Å². The number of benzene rings is 1. The summed E-state index contributed by atoms with van der Waals surface area (Å²) in [5.41, 5.74) is 3.96. The molecule has 0 fully saturated rings. The van der Waals surface area contributed by atoms with Gasteiger partial charge in [0.15, 0.2) is 0 Å². The predicted molar refractivity (Wildman–Crippen MR) is 93.5 cm³/mol. The number of nitrogens with zero attached hydrogens (tertiary/aromatic N) is 3. The molecule has 0 saturated heterocycles. The fourth-order valence-electron chi connectivity index (χ4n) is 2.76. The van der Waals surface area contributed by atoms with E-state index in [0.29, 0.717) is 23.0 Å². The first kappa shape index (κ1) is 15.6. The average molecular weight is 328 g/mol. The number of halogens is 1. The molecular weight excluding hydrogens is 310 g/mol. The Morgan fingerprint density at radius 3 is 2.74 bits per heavy atom. The van der Waals surface area contributed by atoms with Gasteiger partial charge >= 0.3 is 0 Å². The van der Waals surface area contributed by atoms with Crippen LogP contribution in [0, 0.1) is 13.8 Å². The molecule has 0 aliphatic rings. The van der Waals surface area contributed by atoms with Gasteiger partial charge in [0.25, 0.3) is 5.91 Å². The molecule has 0 saturated carbocycles. The van der Waals surface area contributed by atoms with Crippen LogP contribution >= 0.6 is 11.6 Å². The van der Waals surface area contributed by atoms with E-state index in [4.69, 9.17) is 11.6 Å². The van der Waals surface area contributed by atoms with Gasteiger partial charge in [-0.05, 0) is 50.6 Å². The fraction of sp³-hybridized carbons (Fsp3) is 0.222. The second-order valence-electron chi connectivity index (χ2n) is 5.51. The smallest absolute Gasteiger partial charge is 0.277 e. The molecule has 1 amide bonds. The molecular formula is C18H18ClN3O. The highest BCUT2D eigenvalue weighted by molar-refractivity contribution is 6.30. The van der Waals surface area contributed by atoms with Crippen molar-refractivity contribution >= 4 is 28.8 Å². The van der Waals surface area contributed by atoms with Crippen molar-refractivity contribution in [3.05, 3.63) is 64.6 Å². The number of aromatic nitrogens is 2. The maximum absolute atomic E-state index is 13.1. The van der Waals surface area contributed by atoms with Gasteiger partial charge in [-0.1, -0.05) is 23.7 Å². The van der Waals surface area contributed by atoms with Crippen LogP contribution in [0.3, 0.4) is 0 Å². The van der Waals surface area contributed by atoms with E-state index in [2.05, 4.69) is 4.98 Å². The van der Waals surface area contributed by atoms with Crippen molar-refractivity contribution in [2.75, 3.05) is 11.4 Å². The van der Waals surface area contributed by atoms with Gasteiger partial charge in [0, 0.05) is 18.4 Å². The zero-order valence-electron chi connectivity index (χ0n) is 13.4. The van der Waals surface area contributed by atoms with Gasteiger partial charge in [-0.15, -0.1) is 0 Å². The van der Waals surface area contributed by atoms with Crippen molar-refractivity contribution in [3.63, 3.8) is 0 Å². The maximum atomic E-state index is 13.1. The molecule has 0 radical (unpaired) electrons. The third kappa shape index (κ3) is 2.82.